The standard InChI is InChI=1S/C16H21N3O2/c20-15-13-4-3-12(10-14(13)16(21)19-15)18-7-1-2-11-5-8-17-9-6-11/h3-4,10-11,17-18H,1-2,5-9H2,(H,19,20,21). The monoisotopic (exact) mass is 287 g/mol. The summed E-state index contributed by atoms with van der Waals surface area (Å²) in [5, 5.41) is 9.03. The highest BCUT2D eigenvalue weighted by Gasteiger charge is 2.26. The van der Waals surface area contributed by atoms with E-state index in [2.05, 4.69) is 16.0 Å². The highest BCUT2D eigenvalue weighted by molar-refractivity contribution is 6.21. The number of piperidine rings is 1. The molecule has 5 nitrogen and oxygen atoms in total. The first kappa shape index (κ1) is 14.1. The molecule has 0 bridgehead atoms. The number of anilines is 1. The van der Waals surface area contributed by atoms with Gasteiger partial charge in [-0.05, 0) is 62.9 Å². The van der Waals surface area contributed by atoms with E-state index in [0.29, 0.717) is 11.1 Å². The average Bonchev–Trinajstić information content (AvgIpc) is 2.79. The zero-order chi connectivity index (χ0) is 14.7. The molecule has 0 aliphatic carbocycles. The maximum absolute atomic E-state index is 11.6. The largest absolute Gasteiger partial charge is 0.385 e. The SMILES string of the molecule is O=C1NC(=O)c2cc(NCCCC3CCNCC3)ccc21. The second-order valence-electron chi connectivity index (χ2n) is 5.81. The van der Waals surface area contributed by atoms with Gasteiger partial charge in [-0.25, -0.2) is 0 Å². The van der Waals surface area contributed by atoms with Crippen molar-refractivity contribution in [2.24, 2.45) is 5.92 Å². The van der Waals surface area contributed by atoms with Gasteiger partial charge in [0.1, 0.15) is 0 Å². The third-order valence-electron chi connectivity index (χ3n) is 4.31. The highest BCUT2D eigenvalue weighted by Crippen LogP contribution is 2.21. The topological polar surface area (TPSA) is 70.2 Å². The second kappa shape index (κ2) is 6.26. The van der Waals surface area contributed by atoms with Gasteiger partial charge < -0.3 is 10.6 Å². The number of hydrogen-bond donors (Lipinski definition) is 3. The van der Waals surface area contributed by atoms with Crippen LogP contribution >= 0.6 is 0 Å². The fraction of sp³-hybridized carbons (Fsp3) is 0.500. The number of rotatable bonds is 5. The molecule has 21 heavy (non-hydrogen) atoms. The van der Waals surface area contributed by atoms with Crippen molar-refractivity contribution in [3.63, 3.8) is 0 Å². The number of nitrogens with one attached hydrogen (secondary N) is 3. The van der Waals surface area contributed by atoms with Gasteiger partial charge in [0.15, 0.2) is 0 Å². The Morgan fingerprint density at radius 3 is 2.67 bits per heavy atom. The van der Waals surface area contributed by atoms with Crippen molar-refractivity contribution in [3.05, 3.63) is 29.3 Å². The van der Waals surface area contributed by atoms with Gasteiger partial charge in [-0.1, -0.05) is 0 Å². The minimum Gasteiger partial charge on any atom is -0.385 e. The Bertz CT molecular complexity index is 550. The van der Waals surface area contributed by atoms with Crippen molar-refractivity contribution in [1.82, 2.24) is 10.6 Å². The number of imide groups is 1. The molecule has 1 fully saturated rings. The molecule has 1 aromatic rings. The van der Waals surface area contributed by atoms with Crippen LogP contribution in [0.2, 0.25) is 0 Å². The fourth-order valence-corrected chi connectivity index (χ4v) is 3.07. The number of amides is 2. The molecule has 2 amide bonds. The predicted octanol–water partition coefficient (Wildman–Crippen LogP) is 1.76. The van der Waals surface area contributed by atoms with E-state index < -0.39 is 0 Å². The number of carbonyl (C=O) groups excluding carboxylic acids is 2. The number of benzene rings is 1. The fourth-order valence-electron chi connectivity index (χ4n) is 3.07. The summed E-state index contributed by atoms with van der Waals surface area (Å²) >= 11 is 0. The van der Waals surface area contributed by atoms with Crippen LogP contribution in [0.25, 0.3) is 0 Å². The van der Waals surface area contributed by atoms with Gasteiger partial charge in [-0.2, -0.15) is 0 Å². The molecule has 5 heteroatoms. The van der Waals surface area contributed by atoms with Gasteiger partial charge in [-0.3, -0.25) is 14.9 Å². The summed E-state index contributed by atoms with van der Waals surface area (Å²) in [6.07, 6.45) is 4.94. The first-order valence-electron chi connectivity index (χ1n) is 7.68. The van der Waals surface area contributed by atoms with Gasteiger partial charge >= 0.3 is 0 Å². The zero-order valence-electron chi connectivity index (χ0n) is 12.1. The van der Waals surface area contributed by atoms with Crippen LogP contribution in [0.4, 0.5) is 5.69 Å². The molecular weight excluding hydrogens is 266 g/mol. The molecule has 0 spiro atoms. The minimum absolute atomic E-state index is 0.298. The molecular formula is C16H21N3O2. The summed E-state index contributed by atoms with van der Waals surface area (Å²) in [7, 11) is 0. The van der Waals surface area contributed by atoms with E-state index in [-0.39, 0.29) is 11.8 Å². The van der Waals surface area contributed by atoms with Crippen LogP contribution < -0.4 is 16.0 Å². The Labute approximate surface area is 124 Å². The smallest absolute Gasteiger partial charge is 0.259 e. The van der Waals surface area contributed by atoms with Crippen LogP contribution in [0.15, 0.2) is 18.2 Å². The average molecular weight is 287 g/mol. The van der Waals surface area contributed by atoms with Crippen molar-refractivity contribution < 1.29 is 9.59 Å². The summed E-state index contributed by atoms with van der Waals surface area (Å²) in [5.74, 6) is 0.247. The van der Waals surface area contributed by atoms with E-state index >= 15 is 0 Å². The molecule has 2 aliphatic rings. The maximum atomic E-state index is 11.6. The summed E-state index contributed by atoms with van der Waals surface area (Å²) in [5.41, 5.74) is 1.85. The Morgan fingerprint density at radius 1 is 1.10 bits per heavy atom. The van der Waals surface area contributed by atoms with E-state index in [4.69, 9.17) is 0 Å². The normalized spacial score (nSPS) is 18.5. The lowest BCUT2D eigenvalue weighted by molar-refractivity contribution is 0.0879. The van der Waals surface area contributed by atoms with Crippen LogP contribution in [0.1, 0.15) is 46.4 Å². The summed E-state index contributed by atoms with van der Waals surface area (Å²) < 4.78 is 0. The van der Waals surface area contributed by atoms with Crippen molar-refractivity contribution in [2.75, 3.05) is 25.0 Å². The highest BCUT2D eigenvalue weighted by atomic mass is 16.2. The molecule has 0 saturated carbocycles. The number of carbonyl (C=O) groups is 2. The number of hydrogen-bond acceptors (Lipinski definition) is 4. The Morgan fingerprint density at radius 2 is 1.86 bits per heavy atom. The van der Waals surface area contributed by atoms with E-state index in [1.807, 2.05) is 6.07 Å². The lowest BCUT2D eigenvalue weighted by Crippen LogP contribution is -2.27. The van der Waals surface area contributed by atoms with E-state index in [9.17, 15) is 9.59 Å². The molecule has 0 atom stereocenters. The Kier molecular flexibility index (Phi) is 4.20. The first-order chi connectivity index (χ1) is 10.2. The van der Waals surface area contributed by atoms with Crippen molar-refractivity contribution in [2.45, 2.75) is 25.7 Å². The summed E-state index contributed by atoms with van der Waals surface area (Å²) in [6, 6.07) is 5.34. The van der Waals surface area contributed by atoms with Crippen LogP contribution in [0.5, 0.6) is 0 Å². The van der Waals surface area contributed by atoms with E-state index in [0.717, 1.165) is 37.7 Å². The molecule has 0 radical (unpaired) electrons. The second-order valence-corrected chi connectivity index (χ2v) is 5.81. The molecule has 3 N–H and O–H groups in total. The molecule has 2 aliphatic heterocycles. The van der Waals surface area contributed by atoms with E-state index in [1.165, 1.54) is 19.3 Å². The minimum atomic E-state index is -0.299. The summed E-state index contributed by atoms with van der Waals surface area (Å²) in [6.45, 7) is 3.19. The van der Waals surface area contributed by atoms with Gasteiger partial charge in [-0.15, -0.1) is 0 Å². The van der Waals surface area contributed by atoms with E-state index in [1.54, 1.807) is 12.1 Å². The van der Waals surface area contributed by atoms with Gasteiger partial charge in [0, 0.05) is 12.2 Å². The number of fused-ring (bicyclic) bond motifs is 1. The van der Waals surface area contributed by atoms with Gasteiger partial charge in [0.25, 0.3) is 11.8 Å². The van der Waals surface area contributed by atoms with Crippen LogP contribution in [0.3, 0.4) is 0 Å². The first-order valence-corrected chi connectivity index (χ1v) is 7.68. The van der Waals surface area contributed by atoms with Crippen molar-refractivity contribution in [1.29, 1.82) is 0 Å². The Hall–Kier alpha value is -1.88. The van der Waals surface area contributed by atoms with Crippen molar-refractivity contribution >= 4 is 17.5 Å². The Balaban J connectivity index is 1.49. The molecule has 3 rings (SSSR count). The van der Waals surface area contributed by atoms with Crippen LogP contribution in [0, 0.1) is 5.92 Å². The lowest BCUT2D eigenvalue weighted by atomic mass is 9.93. The van der Waals surface area contributed by atoms with Gasteiger partial charge in [0.05, 0.1) is 11.1 Å². The quantitative estimate of drug-likeness (QED) is 0.570. The van der Waals surface area contributed by atoms with Crippen molar-refractivity contribution in [3.8, 4) is 0 Å². The molecule has 1 saturated heterocycles. The molecule has 112 valence electrons. The third-order valence-corrected chi connectivity index (χ3v) is 4.31. The van der Waals surface area contributed by atoms with Crippen LogP contribution in [-0.4, -0.2) is 31.4 Å². The van der Waals surface area contributed by atoms with Gasteiger partial charge in [0.2, 0.25) is 0 Å². The molecule has 2 heterocycles. The van der Waals surface area contributed by atoms with Crippen LogP contribution in [-0.2, 0) is 0 Å². The summed E-state index contributed by atoms with van der Waals surface area (Å²) in [4.78, 5) is 23.1. The molecule has 0 aromatic heterocycles. The maximum Gasteiger partial charge on any atom is 0.259 e. The molecule has 1 aromatic carbocycles. The lowest BCUT2D eigenvalue weighted by Gasteiger charge is -2.22. The zero-order valence-corrected chi connectivity index (χ0v) is 12.1. The molecule has 0 unspecified atom stereocenters. The predicted molar refractivity (Wildman–Crippen MR) is 81.6 cm³/mol. The third kappa shape index (κ3) is 3.24.